The van der Waals surface area contributed by atoms with Crippen LogP contribution in [0.5, 0.6) is 5.75 Å². The number of rotatable bonds is 19. The standard InChI is InChI=1S/C40H49N5O16/c1-3-24-25-15-23(5-6-29(25)41-32-26(24)18-45-30(32)16-28-27(36(45)50)21-59-38(51)40(28,53)4-2)60-39(52)58-14-13-55-10-9-54-11-12-56-20-22-17-44(43-42-22)7-8-57-37-35(49)34(48)33(47)31(19-46)61-37/h5-6,15-17,31,33-35,37,46-49,53H,3-4,7-14,18-21H2,1-2H3/t31-,33-,34+,35-,37-,40-/m0/s1. The van der Waals surface area contributed by atoms with Crippen LogP contribution in [0, 0.1) is 0 Å². The largest absolute Gasteiger partial charge is 0.513 e. The molecule has 7 rings (SSSR count). The van der Waals surface area contributed by atoms with Crippen molar-refractivity contribution >= 4 is 23.0 Å². The highest BCUT2D eigenvalue weighted by molar-refractivity contribution is 5.90. The van der Waals surface area contributed by atoms with Gasteiger partial charge < -0.3 is 68.0 Å². The molecule has 0 saturated carbocycles. The lowest BCUT2D eigenvalue weighted by molar-refractivity contribution is -0.301. The summed E-state index contributed by atoms with van der Waals surface area (Å²) in [5.74, 6) is -0.530. The van der Waals surface area contributed by atoms with E-state index in [-0.39, 0.29) is 94.8 Å². The number of hydrogen-bond acceptors (Lipinski definition) is 19. The predicted molar refractivity (Wildman–Crippen MR) is 207 cm³/mol. The Kier molecular flexibility index (Phi) is 14.0. The van der Waals surface area contributed by atoms with Gasteiger partial charge in [0.15, 0.2) is 11.9 Å². The number of aliphatic hydroxyl groups is 5. The zero-order chi connectivity index (χ0) is 43.3. The highest BCUT2D eigenvalue weighted by Crippen LogP contribution is 2.41. The van der Waals surface area contributed by atoms with Crippen LogP contribution in [-0.2, 0) is 76.3 Å². The number of aryl methyl sites for hydroxylation is 1. The van der Waals surface area contributed by atoms with Gasteiger partial charge in [-0.15, -0.1) is 5.10 Å². The van der Waals surface area contributed by atoms with Crippen molar-refractivity contribution in [3.63, 3.8) is 0 Å². The Labute approximate surface area is 348 Å². The Morgan fingerprint density at radius 3 is 2.44 bits per heavy atom. The van der Waals surface area contributed by atoms with Crippen LogP contribution in [0.2, 0.25) is 0 Å². The molecule has 5 N–H and O–H groups in total. The molecule has 6 heterocycles. The van der Waals surface area contributed by atoms with Gasteiger partial charge in [-0.25, -0.2) is 19.3 Å². The second-order valence-electron chi connectivity index (χ2n) is 14.6. The van der Waals surface area contributed by atoms with Crippen LogP contribution in [0.25, 0.3) is 22.3 Å². The number of fused-ring (bicyclic) bond motifs is 5. The molecule has 330 valence electrons. The van der Waals surface area contributed by atoms with E-state index in [9.17, 15) is 39.9 Å². The summed E-state index contributed by atoms with van der Waals surface area (Å²) in [6.07, 6.45) is -5.36. The fraction of sp³-hybridized carbons (Fsp3) is 0.550. The average molecular weight is 856 g/mol. The van der Waals surface area contributed by atoms with Crippen LogP contribution < -0.4 is 10.3 Å². The molecule has 0 bridgehead atoms. The molecule has 4 aromatic rings. The number of hydrogen-bond donors (Lipinski definition) is 5. The topological polar surface area (TPSA) is 275 Å². The second kappa shape index (κ2) is 19.4. The van der Waals surface area contributed by atoms with Crippen LogP contribution in [0.15, 0.2) is 35.3 Å². The number of aromatic nitrogens is 5. The Hall–Kier alpha value is -4.94. The fourth-order valence-corrected chi connectivity index (χ4v) is 7.52. The van der Waals surface area contributed by atoms with Crippen molar-refractivity contribution in [2.24, 2.45) is 0 Å². The maximum Gasteiger partial charge on any atom is 0.513 e. The molecule has 0 radical (unpaired) electrons. The van der Waals surface area contributed by atoms with Crippen molar-refractivity contribution in [2.45, 2.75) is 89.3 Å². The van der Waals surface area contributed by atoms with E-state index in [1.165, 1.54) is 4.68 Å². The Morgan fingerprint density at radius 2 is 1.70 bits per heavy atom. The summed E-state index contributed by atoms with van der Waals surface area (Å²) < 4.78 is 46.2. The first-order chi connectivity index (χ1) is 29.5. The highest BCUT2D eigenvalue weighted by atomic mass is 16.7. The van der Waals surface area contributed by atoms with E-state index in [0.29, 0.717) is 35.6 Å². The first kappa shape index (κ1) is 44.1. The number of aliphatic hydroxyl groups excluding tert-OH is 4. The van der Waals surface area contributed by atoms with Crippen molar-refractivity contribution in [3.05, 3.63) is 68.8 Å². The summed E-state index contributed by atoms with van der Waals surface area (Å²) in [5.41, 5.74) is 2.27. The van der Waals surface area contributed by atoms with Crippen molar-refractivity contribution in [2.75, 3.05) is 52.9 Å². The van der Waals surface area contributed by atoms with E-state index in [1.54, 1.807) is 42.0 Å². The number of nitrogens with zero attached hydrogens (tertiary/aromatic N) is 5. The second-order valence-corrected chi connectivity index (χ2v) is 14.6. The van der Waals surface area contributed by atoms with Crippen LogP contribution in [-0.4, -0.2) is 146 Å². The third-order valence-electron chi connectivity index (χ3n) is 10.8. The molecule has 3 aliphatic heterocycles. The van der Waals surface area contributed by atoms with Gasteiger partial charge in [-0.2, -0.15) is 0 Å². The van der Waals surface area contributed by atoms with Crippen molar-refractivity contribution in [1.82, 2.24) is 24.5 Å². The first-order valence-corrected chi connectivity index (χ1v) is 20.0. The number of esters is 1. The number of ether oxygens (including phenoxy) is 8. The molecule has 1 fully saturated rings. The molecule has 0 spiro atoms. The Balaban J connectivity index is 0.786. The molecule has 3 aliphatic rings. The van der Waals surface area contributed by atoms with Crippen molar-refractivity contribution in [1.29, 1.82) is 0 Å². The monoisotopic (exact) mass is 855 g/mol. The van der Waals surface area contributed by atoms with Gasteiger partial charge in [0.1, 0.15) is 49.1 Å². The molecule has 0 unspecified atom stereocenters. The number of cyclic esters (lactones) is 1. The van der Waals surface area contributed by atoms with E-state index < -0.39 is 55.0 Å². The summed E-state index contributed by atoms with van der Waals surface area (Å²) in [6.45, 7) is 4.80. The number of benzene rings is 1. The van der Waals surface area contributed by atoms with Gasteiger partial charge in [0.05, 0.1) is 94.6 Å². The molecule has 21 nitrogen and oxygen atoms in total. The van der Waals surface area contributed by atoms with Gasteiger partial charge in [-0.05, 0) is 42.7 Å². The zero-order valence-electron chi connectivity index (χ0n) is 33.6. The molecule has 0 aliphatic carbocycles. The number of carbonyl (C=O) groups is 2. The van der Waals surface area contributed by atoms with E-state index >= 15 is 0 Å². The molecular formula is C40H49N5O16. The number of pyridine rings is 2. The minimum atomic E-state index is -1.92. The number of carbonyl (C=O) groups excluding carboxylic acids is 2. The smallest absolute Gasteiger partial charge is 0.458 e. The van der Waals surface area contributed by atoms with E-state index in [0.717, 1.165) is 16.5 Å². The normalized spacial score (nSPS) is 23.1. The SMILES string of the molecule is CCc1c2c(nc3ccc(OC(=O)OCCOCCOCCOCc4cn(CCO[C@H]5O[C@@H](CO)[C@H](O)[C@@H](O)[C@@H]5O)nn4)cc13)-c1cc3c(c(=O)n1C2)COC(=O)[C@]3(O)CC. The Bertz CT molecular complexity index is 2260. The van der Waals surface area contributed by atoms with Crippen molar-refractivity contribution < 1.29 is 73.0 Å². The van der Waals surface area contributed by atoms with Crippen LogP contribution in [0.1, 0.15) is 48.2 Å². The van der Waals surface area contributed by atoms with Gasteiger partial charge >= 0.3 is 12.1 Å². The average Bonchev–Trinajstić information content (AvgIpc) is 3.87. The summed E-state index contributed by atoms with van der Waals surface area (Å²) in [7, 11) is 0. The summed E-state index contributed by atoms with van der Waals surface area (Å²) in [5, 5.41) is 59.0. The minimum Gasteiger partial charge on any atom is -0.458 e. The van der Waals surface area contributed by atoms with E-state index in [1.807, 2.05) is 6.92 Å². The maximum atomic E-state index is 13.6. The molecule has 21 heteroatoms. The van der Waals surface area contributed by atoms with Crippen molar-refractivity contribution in [3.8, 4) is 17.1 Å². The molecular weight excluding hydrogens is 806 g/mol. The molecule has 61 heavy (non-hydrogen) atoms. The van der Waals surface area contributed by atoms with E-state index in [4.69, 9.17) is 42.9 Å². The fourth-order valence-electron chi connectivity index (χ4n) is 7.52. The lowest BCUT2D eigenvalue weighted by atomic mass is 9.86. The van der Waals surface area contributed by atoms with Gasteiger partial charge in [-0.3, -0.25) is 4.79 Å². The summed E-state index contributed by atoms with van der Waals surface area (Å²) in [6, 6.07) is 6.69. The Morgan fingerprint density at radius 1 is 0.951 bits per heavy atom. The van der Waals surface area contributed by atoms with Gasteiger partial charge in [0.2, 0.25) is 0 Å². The van der Waals surface area contributed by atoms with Gasteiger partial charge in [0, 0.05) is 16.5 Å². The summed E-state index contributed by atoms with van der Waals surface area (Å²) >= 11 is 0. The van der Waals surface area contributed by atoms with E-state index in [2.05, 4.69) is 10.3 Å². The lowest BCUT2D eigenvalue weighted by Gasteiger charge is -2.39. The first-order valence-electron chi connectivity index (χ1n) is 20.0. The predicted octanol–water partition coefficient (Wildman–Crippen LogP) is -0.185. The molecule has 6 atom stereocenters. The van der Waals surface area contributed by atoms with Gasteiger partial charge in [-0.1, -0.05) is 19.1 Å². The minimum absolute atomic E-state index is 0.0480. The van der Waals surface area contributed by atoms with Crippen LogP contribution in [0.3, 0.4) is 0 Å². The lowest BCUT2D eigenvalue weighted by Crippen LogP contribution is -2.59. The zero-order valence-corrected chi connectivity index (χ0v) is 33.6. The third-order valence-corrected chi connectivity index (χ3v) is 10.8. The molecule has 0 amide bonds. The molecule has 1 saturated heterocycles. The van der Waals surface area contributed by atoms with Gasteiger partial charge in [0.25, 0.3) is 5.56 Å². The quantitative estimate of drug-likeness (QED) is 0.0409. The van der Waals surface area contributed by atoms with Crippen LogP contribution >= 0.6 is 0 Å². The maximum absolute atomic E-state index is 13.6. The van der Waals surface area contributed by atoms with Crippen LogP contribution in [0.4, 0.5) is 4.79 Å². The summed E-state index contributed by atoms with van der Waals surface area (Å²) in [4.78, 5) is 43.5. The highest BCUT2D eigenvalue weighted by Gasteiger charge is 2.46. The molecule has 1 aromatic carbocycles. The molecule has 3 aromatic heterocycles. The third kappa shape index (κ3) is 9.31.